The van der Waals surface area contributed by atoms with Crippen LogP contribution in [0.25, 0.3) is 11.2 Å². The Morgan fingerprint density at radius 1 is 1.19 bits per heavy atom. The number of aromatic amines is 1. The lowest BCUT2D eigenvalue weighted by atomic mass is 10.3. The van der Waals surface area contributed by atoms with Crippen LogP contribution in [-0.2, 0) is 0 Å². The maximum atomic E-state index is 5.78. The highest BCUT2D eigenvalue weighted by Crippen LogP contribution is 2.36. The first-order valence-corrected chi connectivity index (χ1v) is 6.89. The third kappa shape index (κ3) is 2.57. The van der Waals surface area contributed by atoms with Crippen molar-refractivity contribution >= 4 is 28.7 Å². The largest absolute Gasteiger partial charge is 0.497 e. The van der Waals surface area contributed by atoms with Crippen molar-refractivity contribution < 1.29 is 9.47 Å². The van der Waals surface area contributed by atoms with Gasteiger partial charge in [0.05, 0.1) is 19.1 Å². The van der Waals surface area contributed by atoms with Gasteiger partial charge in [0.25, 0.3) is 0 Å². The summed E-state index contributed by atoms with van der Waals surface area (Å²) in [6.07, 6.45) is 1.40. The Kier molecular flexibility index (Phi) is 3.53. The zero-order valence-electron chi connectivity index (χ0n) is 11.5. The molecule has 1 aromatic carbocycles. The summed E-state index contributed by atoms with van der Waals surface area (Å²) in [6.45, 7) is 0. The zero-order valence-corrected chi connectivity index (χ0v) is 12.3. The molecule has 0 fully saturated rings. The number of ether oxygens (including phenoxy) is 2. The number of benzene rings is 1. The molecule has 0 saturated heterocycles. The van der Waals surface area contributed by atoms with Gasteiger partial charge >= 0.3 is 0 Å². The van der Waals surface area contributed by atoms with Gasteiger partial charge in [0.1, 0.15) is 17.8 Å². The summed E-state index contributed by atoms with van der Waals surface area (Å²) in [5, 5.41) is 0.656. The molecule has 2 aromatic heterocycles. The summed E-state index contributed by atoms with van der Waals surface area (Å²) in [7, 11) is 3.24. The summed E-state index contributed by atoms with van der Waals surface area (Å²) >= 11 is 1.41. The molecule has 3 rings (SSSR count). The summed E-state index contributed by atoms with van der Waals surface area (Å²) < 4.78 is 10.6. The predicted molar refractivity (Wildman–Crippen MR) is 79.8 cm³/mol. The van der Waals surface area contributed by atoms with E-state index in [9.17, 15) is 0 Å². The van der Waals surface area contributed by atoms with Crippen molar-refractivity contribution in [1.82, 2.24) is 19.9 Å². The molecular formula is C13H13N5O2S. The molecule has 0 aliphatic heterocycles. The Balaban J connectivity index is 1.99. The fourth-order valence-electron chi connectivity index (χ4n) is 1.84. The molecule has 21 heavy (non-hydrogen) atoms. The van der Waals surface area contributed by atoms with E-state index in [1.165, 1.54) is 18.1 Å². The fourth-order valence-corrected chi connectivity index (χ4v) is 2.76. The average Bonchev–Trinajstić information content (AvgIpc) is 2.91. The molecule has 0 radical (unpaired) electrons. The molecule has 0 aliphatic rings. The summed E-state index contributed by atoms with van der Waals surface area (Å²) in [5.74, 6) is 1.83. The molecule has 8 heteroatoms. The molecule has 0 aliphatic carbocycles. The first kappa shape index (κ1) is 13.5. The number of nitrogens with two attached hydrogens (primary N) is 1. The number of H-pyrrole nitrogens is 1. The van der Waals surface area contributed by atoms with Gasteiger partial charge in [0.2, 0.25) is 0 Å². The first-order chi connectivity index (χ1) is 10.2. The number of aromatic nitrogens is 4. The van der Waals surface area contributed by atoms with Gasteiger partial charge in [-0.05, 0) is 30.0 Å². The van der Waals surface area contributed by atoms with E-state index in [2.05, 4.69) is 19.9 Å². The Morgan fingerprint density at radius 2 is 2.05 bits per heavy atom. The maximum absolute atomic E-state index is 5.78. The molecule has 0 saturated carbocycles. The number of nitrogen functional groups attached to an aromatic ring is 1. The van der Waals surface area contributed by atoms with Crippen LogP contribution in [0.3, 0.4) is 0 Å². The quantitative estimate of drug-likeness (QED) is 0.761. The van der Waals surface area contributed by atoms with E-state index in [1.54, 1.807) is 14.2 Å². The molecule has 108 valence electrons. The highest BCUT2D eigenvalue weighted by atomic mass is 32.2. The average molecular weight is 303 g/mol. The second-order valence-electron chi connectivity index (χ2n) is 4.12. The van der Waals surface area contributed by atoms with Crippen LogP contribution in [0.4, 0.5) is 5.82 Å². The Labute approximate surface area is 124 Å². The highest BCUT2D eigenvalue weighted by Gasteiger charge is 2.12. The standard InChI is InChI=1S/C13H13N5O2S/c1-19-7-3-4-8(20-2)9(5-7)21-13-17-10-11(14)15-6-16-12(10)18-13/h3-6H,1-2H3,(H3,14,15,16,17,18). The van der Waals surface area contributed by atoms with Crippen LogP contribution in [0.1, 0.15) is 0 Å². The van der Waals surface area contributed by atoms with Crippen molar-refractivity contribution in [2.45, 2.75) is 10.1 Å². The van der Waals surface area contributed by atoms with Gasteiger partial charge in [0, 0.05) is 0 Å². The third-order valence-corrected chi connectivity index (χ3v) is 3.79. The molecule has 0 amide bonds. The van der Waals surface area contributed by atoms with E-state index in [0.717, 1.165) is 16.4 Å². The van der Waals surface area contributed by atoms with Gasteiger partial charge in [0.15, 0.2) is 22.1 Å². The van der Waals surface area contributed by atoms with Gasteiger partial charge in [-0.2, -0.15) is 0 Å². The van der Waals surface area contributed by atoms with Crippen molar-refractivity contribution in [3.63, 3.8) is 0 Å². The van der Waals surface area contributed by atoms with E-state index in [-0.39, 0.29) is 0 Å². The zero-order chi connectivity index (χ0) is 14.8. The minimum Gasteiger partial charge on any atom is -0.497 e. The predicted octanol–water partition coefficient (Wildman–Crippen LogP) is 2.10. The third-order valence-electron chi connectivity index (χ3n) is 2.87. The van der Waals surface area contributed by atoms with E-state index in [0.29, 0.717) is 22.1 Å². The topological polar surface area (TPSA) is 98.9 Å². The summed E-state index contributed by atoms with van der Waals surface area (Å²) in [4.78, 5) is 16.4. The van der Waals surface area contributed by atoms with Crippen LogP contribution in [-0.4, -0.2) is 34.2 Å². The number of rotatable bonds is 4. The highest BCUT2D eigenvalue weighted by molar-refractivity contribution is 7.99. The minimum absolute atomic E-state index is 0.348. The second kappa shape index (κ2) is 5.49. The lowest BCUT2D eigenvalue weighted by molar-refractivity contribution is 0.394. The Morgan fingerprint density at radius 3 is 2.76 bits per heavy atom. The van der Waals surface area contributed by atoms with Crippen molar-refractivity contribution in [3.8, 4) is 11.5 Å². The van der Waals surface area contributed by atoms with Crippen LogP contribution < -0.4 is 15.2 Å². The Hall–Kier alpha value is -2.48. The number of methoxy groups -OCH3 is 2. The van der Waals surface area contributed by atoms with Crippen LogP contribution in [0.5, 0.6) is 11.5 Å². The molecule has 0 atom stereocenters. The monoisotopic (exact) mass is 303 g/mol. The number of nitrogens with zero attached hydrogens (tertiary/aromatic N) is 3. The van der Waals surface area contributed by atoms with Crippen molar-refractivity contribution in [2.24, 2.45) is 0 Å². The Bertz CT molecular complexity index is 789. The molecular weight excluding hydrogens is 290 g/mol. The van der Waals surface area contributed by atoms with E-state index in [4.69, 9.17) is 15.2 Å². The molecule has 0 bridgehead atoms. The molecule has 0 unspecified atom stereocenters. The van der Waals surface area contributed by atoms with Crippen molar-refractivity contribution in [3.05, 3.63) is 24.5 Å². The fraction of sp³-hybridized carbons (Fsp3) is 0.154. The van der Waals surface area contributed by atoms with Gasteiger partial charge in [-0.1, -0.05) is 0 Å². The van der Waals surface area contributed by atoms with Crippen LogP contribution >= 0.6 is 11.8 Å². The number of imidazole rings is 1. The van der Waals surface area contributed by atoms with E-state index < -0.39 is 0 Å². The number of nitrogens with one attached hydrogen (secondary N) is 1. The lowest BCUT2D eigenvalue weighted by Gasteiger charge is -2.08. The summed E-state index contributed by atoms with van der Waals surface area (Å²) in [6, 6.07) is 5.56. The summed E-state index contributed by atoms with van der Waals surface area (Å²) in [5.41, 5.74) is 6.94. The van der Waals surface area contributed by atoms with Crippen molar-refractivity contribution in [1.29, 1.82) is 0 Å². The number of hydrogen-bond acceptors (Lipinski definition) is 7. The van der Waals surface area contributed by atoms with Gasteiger partial charge < -0.3 is 20.2 Å². The van der Waals surface area contributed by atoms with Crippen LogP contribution in [0.2, 0.25) is 0 Å². The second-order valence-corrected chi connectivity index (χ2v) is 5.15. The number of hydrogen-bond donors (Lipinski definition) is 2. The van der Waals surface area contributed by atoms with Crippen molar-refractivity contribution in [2.75, 3.05) is 20.0 Å². The van der Waals surface area contributed by atoms with Gasteiger partial charge in [-0.25, -0.2) is 15.0 Å². The van der Waals surface area contributed by atoms with E-state index >= 15 is 0 Å². The molecule has 0 spiro atoms. The number of fused-ring (bicyclic) bond motifs is 1. The van der Waals surface area contributed by atoms with Crippen LogP contribution in [0, 0.1) is 0 Å². The minimum atomic E-state index is 0.348. The van der Waals surface area contributed by atoms with E-state index in [1.807, 2.05) is 18.2 Å². The van der Waals surface area contributed by atoms with Gasteiger partial charge in [-0.15, -0.1) is 0 Å². The SMILES string of the molecule is COc1ccc(OC)c(Sc2nc3c(N)ncnc3[nH]2)c1. The molecule has 7 nitrogen and oxygen atoms in total. The lowest BCUT2D eigenvalue weighted by Crippen LogP contribution is -1.91. The molecule has 3 N–H and O–H groups in total. The maximum Gasteiger partial charge on any atom is 0.172 e. The van der Waals surface area contributed by atoms with Crippen LogP contribution in [0.15, 0.2) is 34.6 Å². The number of anilines is 1. The first-order valence-electron chi connectivity index (χ1n) is 6.07. The normalized spacial score (nSPS) is 10.8. The smallest absolute Gasteiger partial charge is 0.172 e. The molecule has 2 heterocycles. The molecule has 3 aromatic rings. The van der Waals surface area contributed by atoms with Gasteiger partial charge in [-0.3, -0.25) is 0 Å².